The van der Waals surface area contributed by atoms with E-state index in [1.807, 2.05) is 6.07 Å². The van der Waals surface area contributed by atoms with Crippen LogP contribution in [0.25, 0.3) is 0 Å². The Morgan fingerprint density at radius 1 is 1.67 bits per heavy atom. The SMILES string of the molecule is CC(=O)N1CC(N)c2ccc(C#N)cc21. The van der Waals surface area contributed by atoms with E-state index in [0.717, 1.165) is 11.3 Å². The number of nitrogens with zero attached hydrogens (tertiary/aromatic N) is 2. The lowest BCUT2D eigenvalue weighted by atomic mass is 10.1. The molecule has 2 N–H and O–H groups in total. The molecular weight excluding hydrogens is 190 g/mol. The highest BCUT2D eigenvalue weighted by Crippen LogP contribution is 2.33. The lowest BCUT2D eigenvalue weighted by Gasteiger charge is -2.14. The Balaban J connectivity index is 2.53. The summed E-state index contributed by atoms with van der Waals surface area (Å²) in [5.41, 5.74) is 8.15. The van der Waals surface area contributed by atoms with Gasteiger partial charge in [0.2, 0.25) is 5.91 Å². The normalized spacial score (nSPS) is 18.5. The van der Waals surface area contributed by atoms with Crippen molar-refractivity contribution in [1.29, 1.82) is 5.26 Å². The lowest BCUT2D eigenvalue weighted by molar-refractivity contribution is -0.116. The highest BCUT2D eigenvalue weighted by Gasteiger charge is 2.28. The highest BCUT2D eigenvalue weighted by molar-refractivity contribution is 5.94. The number of hydrogen-bond donors (Lipinski definition) is 1. The average Bonchev–Trinajstić information content (AvgIpc) is 2.56. The van der Waals surface area contributed by atoms with Crippen LogP contribution >= 0.6 is 0 Å². The van der Waals surface area contributed by atoms with Gasteiger partial charge in [0.1, 0.15) is 0 Å². The lowest BCUT2D eigenvalue weighted by Crippen LogP contribution is -2.28. The van der Waals surface area contributed by atoms with Crippen LogP contribution in [0, 0.1) is 11.3 Å². The molecule has 1 aliphatic rings. The largest absolute Gasteiger partial charge is 0.322 e. The second-order valence-electron chi connectivity index (χ2n) is 3.62. The first kappa shape index (κ1) is 9.69. The molecule has 1 amide bonds. The topological polar surface area (TPSA) is 70.1 Å². The molecule has 0 fully saturated rings. The minimum Gasteiger partial charge on any atom is -0.322 e. The molecule has 0 spiro atoms. The molecule has 0 saturated carbocycles. The van der Waals surface area contributed by atoms with Crippen LogP contribution in [0.15, 0.2) is 18.2 Å². The van der Waals surface area contributed by atoms with Gasteiger partial charge in [-0.05, 0) is 17.7 Å². The van der Waals surface area contributed by atoms with Gasteiger partial charge in [0.05, 0.1) is 11.6 Å². The van der Waals surface area contributed by atoms with Crippen LogP contribution in [0.4, 0.5) is 5.69 Å². The minimum absolute atomic E-state index is 0.0423. The summed E-state index contributed by atoms with van der Waals surface area (Å²) >= 11 is 0. The number of hydrogen-bond acceptors (Lipinski definition) is 3. The van der Waals surface area contributed by atoms with Crippen molar-refractivity contribution in [1.82, 2.24) is 0 Å². The summed E-state index contributed by atoms with van der Waals surface area (Å²) in [4.78, 5) is 13.0. The number of fused-ring (bicyclic) bond motifs is 1. The van der Waals surface area contributed by atoms with Gasteiger partial charge in [0.25, 0.3) is 0 Å². The zero-order valence-electron chi connectivity index (χ0n) is 8.40. The number of carbonyl (C=O) groups is 1. The molecule has 0 aliphatic carbocycles. The van der Waals surface area contributed by atoms with E-state index < -0.39 is 0 Å². The molecule has 76 valence electrons. The van der Waals surface area contributed by atoms with Crippen molar-refractivity contribution < 1.29 is 4.79 Å². The Labute approximate surface area is 87.9 Å². The molecule has 4 heteroatoms. The van der Waals surface area contributed by atoms with E-state index >= 15 is 0 Å². The first-order chi connectivity index (χ1) is 7.13. The van der Waals surface area contributed by atoms with Crippen LogP contribution in [0.5, 0.6) is 0 Å². The molecule has 0 aromatic heterocycles. The molecule has 1 aromatic carbocycles. The maximum absolute atomic E-state index is 11.3. The summed E-state index contributed by atoms with van der Waals surface area (Å²) in [6.07, 6.45) is 0. The molecule has 0 saturated heterocycles. The van der Waals surface area contributed by atoms with E-state index in [0.29, 0.717) is 12.1 Å². The number of nitriles is 1. The van der Waals surface area contributed by atoms with Gasteiger partial charge in [-0.15, -0.1) is 0 Å². The minimum atomic E-state index is -0.142. The molecule has 0 radical (unpaired) electrons. The third-order valence-corrected chi connectivity index (χ3v) is 2.61. The third kappa shape index (κ3) is 1.47. The van der Waals surface area contributed by atoms with Gasteiger partial charge in [-0.2, -0.15) is 5.26 Å². The smallest absolute Gasteiger partial charge is 0.223 e. The van der Waals surface area contributed by atoms with Crippen LogP contribution in [0.1, 0.15) is 24.1 Å². The maximum Gasteiger partial charge on any atom is 0.223 e. The molecule has 4 nitrogen and oxygen atoms in total. The first-order valence-corrected chi connectivity index (χ1v) is 4.71. The third-order valence-electron chi connectivity index (χ3n) is 2.61. The van der Waals surface area contributed by atoms with Crippen molar-refractivity contribution in [2.75, 3.05) is 11.4 Å². The van der Waals surface area contributed by atoms with Gasteiger partial charge in [-0.1, -0.05) is 6.07 Å². The molecule has 1 aromatic rings. The summed E-state index contributed by atoms with van der Waals surface area (Å²) in [5, 5.41) is 8.77. The van der Waals surface area contributed by atoms with Crippen LogP contribution in [0.3, 0.4) is 0 Å². The number of rotatable bonds is 0. The number of nitrogens with two attached hydrogens (primary N) is 1. The van der Waals surface area contributed by atoms with E-state index in [4.69, 9.17) is 11.0 Å². The van der Waals surface area contributed by atoms with E-state index in [2.05, 4.69) is 6.07 Å². The van der Waals surface area contributed by atoms with Gasteiger partial charge in [0.15, 0.2) is 0 Å². The number of benzene rings is 1. The standard InChI is InChI=1S/C11H11N3O/c1-7(15)14-6-10(13)9-3-2-8(5-12)4-11(9)14/h2-4,10H,6,13H2,1H3. The monoisotopic (exact) mass is 201 g/mol. The number of carbonyl (C=O) groups excluding carboxylic acids is 1. The van der Waals surface area contributed by atoms with Crippen molar-refractivity contribution in [2.45, 2.75) is 13.0 Å². The highest BCUT2D eigenvalue weighted by atomic mass is 16.2. The summed E-state index contributed by atoms with van der Waals surface area (Å²) in [6, 6.07) is 7.17. The summed E-state index contributed by atoms with van der Waals surface area (Å²) in [6.45, 7) is 2.00. The molecular formula is C11H11N3O. The Morgan fingerprint density at radius 2 is 2.40 bits per heavy atom. The zero-order valence-corrected chi connectivity index (χ0v) is 8.40. The molecule has 1 heterocycles. The van der Waals surface area contributed by atoms with Crippen molar-refractivity contribution in [3.8, 4) is 6.07 Å². The Morgan fingerprint density at radius 3 is 3.00 bits per heavy atom. The van der Waals surface area contributed by atoms with Crippen molar-refractivity contribution in [3.05, 3.63) is 29.3 Å². The Bertz CT molecular complexity index is 461. The maximum atomic E-state index is 11.3. The van der Waals surface area contributed by atoms with Crippen LogP contribution in [0.2, 0.25) is 0 Å². The van der Waals surface area contributed by atoms with E-state index in [9.17, 15) is 4.79 Å². The van der Waals surface area contributed by atoms with Crippen molar-refractivity contribution in [3.63, 3.8) is 0 Å². The molecule has 1 unspecified atom stereocenters. The zero-order chi connectivity index (χ0) is 11.0. The van der Waals surface area contributed by atoms with Gasteiger partial charge < -0.3 is 10.6 Å². The van der Waals surface area contributed by atoms with Crippen LogP contribution in [-0.2, 0) is 4.79 Å². The predicted octanol–water partition coefficient (Wildman–Crippen LogP) is 0.925. The van der Waals surface area contributed by atoms with E-state index in [1.54, 1.807) is 17.0 Å². The number of amides is 1. The molecule has 1 aliphatic heterocycles. The fourth-order valence-electron chi connectivity index (χ4n) is 1.85. The van der Waals surface area contributed by atoms with Gasteiger partial charge >= 0.3 is 0 Å². The van der Waals surface area contributed by atoms with Gasteiger partial charge in [-0.3, -0.25) is 4.79 Å². The quantitative estimate of drug-likeness (QED) is 0.678. The van der Waals surface area contributed by atoms with E-state index in [-0.39, 0.29) is 11.9 Å². The van der Waals surface area contributed by atoms with Gasteiger partial charge in [0, 0.05) is 25.2 Å². The molecule has 15 heavy (non-hydrogen) atoms. The second kappa shape index (κ2) is 3.37. The molecule has 2 rings (SSSR count). The Hall–Kier alpha value is -1.86. The van der Waals surface area contributed by atoms with Crippen molar-refractivity contribution in [2.24, 2.45) is 5.73 Å². The first-order valence-electron chi connectivity index (χ1n) is 4.71. The summed E-state index contributed by atoms with van der Waals surface area (Å²) in [5.74, 6) is -0.0423. The van der Waals surface area contributed by atoms with E-state index in [1.165, 1.54) is 6.92 Å². The van der Waals surface area contributed by atoms with Crippen LogP contribution < -0.4 is 10.6 Å². The molecule has 1 atom stereocenters. The number of anilines is 1. The van der Waals surface area contributed by atoms with Crippen molar-refractivity contribution >= 4 is 11.6 Å². The molecule has 0 bridgehead atoms. The fraction of sp³-hybridized carbons (Fsp3) is 0.273. The summed E-state index contributed by atoms with van der Waals surface area (Å²) in [7, 11) is 0. The Kier molecular flexibility index (Phi) is 2.18. The fourth-order valence-corrected chi connectivity index (χ4v) is 1.85. The average molecular weight is 201 g/mol. The predicted molar refractivity (Wildman–Crippen MR) is 56.1 cm³/mol. The summed E-state index contributed by atoms with van der Waals surface area (Å²) < 4.78 is 0. The van der Waals surface area contributed by atoms with Gasteiger partial charge in [-0.25, -0.2) is 0 Å². The second-order valence-corrected chi connectivity index (χ2v) is 3.62. The van der Waals surface area contributed by atoms with Crippen LogP contribution in [-0.4, -0.2) is 12.5 Å².